The average molecular weight is 465 g/mol. The van der Waals surface area contributed by atoms with Gasteiger partial charge in [-0.3, -0.25) is 4.79 Å². The highest BCUT2D eigenvalue weighted by Gasteiger charge is 2.57. The van der Waals surface area contributed by atoms with Gasteiger partial charge in [-0.25, -0.2) is 0 Å². The number of carbonyl (C=O) groups is 1. The van der Waals surface area contributed by atoms with Gasteiger partial charge in [-0.05, 0) is 50.2 Å². The first-order chi connectivity index (χ1) is 16.6. The van der Waals surface area contributed by atoms with Crippen molar-refractivity contribution in [1.82, 2.24) is 0 Å². The van der Waals surface area contributed by atoms with Crippen LogP contribution >= 0.6 is 0 Å². The van der Waals surface area contributed by atoms with Gasteiger partial charge in [0.05, 0.1) is 31.3 Å². The average Bonchev–Trinajstić information content (AvgIpc) is 3.41. The number of carbonyl (C=O) groups excluding carboxylic acids is 1. The highest BCUT2D eigenvalue weighted by atomic mass is 16.5. The van der Waals surface area contributed by atoms with Gasteiger partial charge in [-0.15, -0.1) is 0 Å². The zero-order valence-corrected chi connectivity index (χ0v) is 20.7. The molecule has 2 bridgehead atoms. The largest absolute Gasteiger partial charge is 0.469 e. The maximum Gasteiger partial charge on any atom is 0.305 e. The topological polar surface area (TPSA) is 55.8 Å². The van der Waals surface area contributed by atoms with Gasteiger partial charge in [0.1, 0.15) is 0 Å². The Labute approximate surface area is 205 Å². The molecule has 34 heavy (non-hydrogen) atoms. The Hall–Kier alpha value is -2.35. The Morgan fingerprint density at radius 2 is 2.09 bits per heavy atom. The number of hydrogen-bond donors (Lipinski definition) is 1. The third-order valence-electron chi connectivity index (χ3n) is 7.15. The molecule has 0 aromatic heterocycles. The Bertz CT molecular complexity index is 878. The molecule has 5 atom stereocenters. The molecule has 1 aliphatic heterocycles. The summed E-state index contributed by atoms with van der Waals surface area (Å²) in [6.45, 7) is 2.85. The van der Waals surface area contributed by atoms with E-state index >= 15 is 0 Å². The van der Waals surface area contributed by atoms with E-state index in [0.717, 1.165) is 56.9 Å². The Balaban J connectivity index is 1.70. The van der Waals surface area contributed by atoms with E-state index in [1.165, 1.54) is 7.11 Å². The summed E-state index contributed by atoms with van der Waals surface area (Å²) in [5.74, 6) is 7.47. The monoisotopic (exact) mass is 464 g/mol. The SMILES string of the molecule is CCCCC[C@H](O)/C=C/[C@@H]1[C@@H]2C[C@@](C#Cc3ccccc3)(CO2)[C@H]1C/C=C\CCCC(=O)OC. The summed E-state index contributed by atoms with van der Waals surface area (Å²) in [6.07, 6.45) is 16.5. The summed E-state index contributed by atoms with van der Waals surface area (Å²) >= 11 is 0. The number of allylic oxidation sites excluding steroid dienone is 2. The Morgan fingerprint density at radius 3 is 2.85 bits per heavy atom. The van der Waals surface area contributed by atoms with Crippen molar-refractivity contribution in [3.8, 4) is 11.8 Å². The number of aliphatic hydroxyl groups is 1. The van der Waals surface area contributed by atoms with Crippen LogP contribution in [0.5, 0.6) is 0 Å². The fraction of sp³-hybridized carbons (Fsp3) is 0.567. The first kappa shape index (κ1) is 26.3. The number of benzene rings is 1. The number of unbranched alkanes of at least 4 members (excludes halogenated alkanes) is 3. The van der Waals surface area contributed by atoms with Gasteiger partial charge in [0, 0.05) is 17.9 Å². The van der Waals surface area contributed by atoms with E-state index in [1.807, 2.05) is 36.4 Å². The summed E-state index contributed by atoms with van der Waals surface area (Å²) in [5.41, 5.74) is 0.863. The van der Waals surface area contributed by atoms with Gasteiger partial charge in [0.2, 0.25) is 0 Å². The number of ether oxygens (including phenoxy) is 2. The number of fused-ring (bicyclic) bond motifs is 2. The van der Waals surface area contributed by atoms with Crippen LogP contribution in [0.3, 0.4) is 0 Å². The van der Waals surface area contributed by atoms with E-state index in [9.17, 15) is 9.90 Å². The number of hydrogen-bond acceptors (Lipinski definition) is 4. The second-order valence-electron chi connectivity index (χ2n) is 9.63. The van der Waals surface area contributed by atoms with Crippen LogP contribution in [-0.4, -0.2) is 37.0 Å². The minimum atomic E-state index is -0.397. The Morgan fingerprint density at radius 1 is 1.26 bits per heavy atom. The fourth-order valence-corrected chi connectivity index (χ4v) is 5.19. The lowest BCUT2D eigenvalue weighted by Crippen LogP contribution is -2.35. The zero-order chi connectivity index (χ0) is 24.2. The van der Waals surface area contributed by atoms with Crippen LogP contribution in [0.1, 0.15) is 70.3 Å². The molecule has 2 aliphatic rings. The molecule has 1 N–H and O–H groups in total. The number of aliphatic hydroxyl groups excluding tert-OH is 1. The van der Waals surface area contributed by atoms with E-state index in [1.54, 1.807) is 0 Å². The second-order valence-corrected chi connectivity index (χ2v) is 9.63. The smallest absolute Gasteiger partial charge is 0.305 e. The van der Waals surface area contributed by atoms with Crippen molar-refractivity contribution in [2.24, 2.45) is 17.3 Å². The number of rotatable bonds is 12. The lowest BCUT2D eigenvalue weighted by molar-refractivity contribution is -0.140. The zero-order valence-electron chi connectivity index (χ0n) is 20.7. The lowest BCUT2D eigenvalue weighted by Gasteiger charge is -2.34. The third-order valence-corrected chi connectivity index (χ3v) is 7.15. The minimum Gasteiger partial charge on any atom is -0.469 e. The minimum absolute atomic E-state index is 0.155. The van der Waals surface area contributed by atoms with Crippen LogP contribution in [0.15, 0.2) is 54.6 Å². The molecule has 1 saturated heterocycles. The summed E-state index contributed by atoms with van der Waals surface area (Å²) in [6, 6.07) is 10.1. The lowest BCUT2D eigenvalue weighted by atomic mass is 9.73. The molecule has 184 valence electrons. The normalized spacial score (nSPS) is 26.6. The van der Waals surface area contributed by atoms with Gasteiger partial charge < -0.3 is 14.6 Å². The van der Waals surface area contributed by atoms with Crippen LogP contribution in [0.25, 0.3) is 0 Å². The molecular weight excluding hydrogens is 424 g/mol. The quantitative estimate of drug-likeness (QED) is 0.183. The van der Waals surface area contributed by atoms with E-state index < -0.39 is 6.10 Å². The van der Waals surface area contributed by atoms with Crippen molar-refractivity contribution >= 4 is 5.97 Å². The first-order valence-electron chi connectivity index (χ1n) is 12.9. The first-order valence-corrected chi connectivity index (χ1v) is 12.9. The predicted octanol–water partition coefficient (Wildman–Crippen LogP) is 5.85. The maximum atomic E-state index is 11.3. The van der Waals surface area contributed by atoms with Crippen molar-refractivity contribution in [1.29, 1.82) is 0 Å². The summed E-state index contributed by atoms with van der Waals surface area (Å²) < 4.78 is 10.9. The van der Waals surface area contributed by atoms with E-state index in [-0.39, 0.29) is 23.4 Å². The molecule has 2 fully saturated rings. The molecule has 3 rings (SSSR count). The fourth-order valence-electron chi connectivity index (χ4n) is 5.19. The third kappa shape index (κ3) is 7.32. The van der Waals surface area contributed by atoms with Gasteiger partial charge in [-0.1, -0.05) is 80.5 Å². The van der Waals surface area contributed by atoms with Crippen LogP contribution < -0.4 is 0 Å². The predicted molar refractivity (Wildman–Crippen MR) is 136 cm³/mol. The molecule has 0 radical (unpaired) electrons. The highest BCUT2D eigenvalue weighted by Crippen LogP contribution is 2.55. The van der Waals surface area contributed by atoms with Gasteiger partial charge >= 0.3 is 5.97 Å². The molecule has 0 spiro atoms. The molecule has 0 amide bonds. The van der Waals surface area contributed by atoms with E-state index in [2.05, 4.69) is 37.0 Å². The molecule has 1 aromatic carbocycles. The van der Waals surface area contributed by atoms with Crippen molar-refractivity contribution in [3.63, 3.8) is 0 Å². The van der Waals surface area contributed by atoms with Crippen molar-refractivity contribution < 1.29 is 19.4 Å². The van der Waals surface area contributed by atoms with Crippen LogP contribution in [0.2, 0.25) is 0 Å². The standard InChI is InChI=1S/C30H40O4/c1-3-4-8-15-25(31)18-19-26-27(16-11-5-6-12-17-29(32)33-2)30(22-28(26)34-23-30)21-20-24-13-9-7-10-14-24/h5,7,9-11,13-14,18-19,25-28,31H,3-4,6,8,12,15-17,22-23H2,1-2H3/b11-5-,19-18+/t25-,26-,27-,28-,30-/m0/s1. The molecule has 0 unspecified atom stereocenters. The molecule has 1 heterocycles. The van der Waals surface area contributed by atoms with Crippen LogP contribution in [0, 0.1) is 29.1 Å². The Kier molecular flexibility index (Phi) is 10.4. The molecular formula is C30H40O4. The summed E-state index contributed by atoms with van der Waals surface area (Å²) in [4.78, 5) is 11.3. The molecule has 1 aliphatic carbocycles. The summed E-state index contributed by atoms with van der Waals surface area (Å²) in [7, 11) is 1.43. The molecule has 1 aromatic rings. The maximum absolute atomic E-state index is 11.3. The molecule has 4 nitrogen and oxygen atoms in total. The van der Waals surface area contributed by atoms with Crippen molar-refractivity contribution in [3.05, 3.63) is 60.2 Å². The molecule has 1 saturated carbocycles. The summed E-state index contributed by atoms with van der Waals surface area (Å²) in [5, 5.41) is 10.4. The van der Waals surface area contributed by atoms with Gasteiger partial charge in [0.25, 0.3) is 0 Å². The van der Waals surface area contributed by atoms with Crippen LogP contribution in [0.4, 0.5) is 0 Å². The van der Waals surface area contributed by atoms with Crippen molar-refractivity contribution in [2.75, 3.05) is 13.7 Å². The number of esters is 1. The van der Waals surface area contributed by atoms with Crippen LogP contribution in [-0.2, 0) is 14.3 Å². The van der Waals surface area contributed by atoms with Crippen molar-refractivity contribution in [2.45, 2.75) is 76.9 Å². The van der Waals surface area contributed by atoms with Gasteiger partial charge in [-0.2, -0.15) is 0 Å². The second kappa shape index (κ2) is 13.5. The number of methoxy groups -OCH3 is 1. The van der Waals surface area contributed by atoms with E-state index in [4.69, 9.17) is 9.47 Å². The van der Waals surface area contributed by atoms with E-state index in [0.29, 0.717) is 18.9 Å². The van der Waals surface area contributed by atoms with Gasteiger partial charge in [0.15, 0.2) is 0 Å². The molecule has 4 heteroatoms. The highest BCUT2D eigenvalue weighted by molar-refractivity contribution is 5.69.